The first-order valence-corrected chi connectivity index (χ1v) is 21.5. The zero-order chi connectivity index (χ0) is 38.6. The zero-order valence-electron chi connectivity index (χ0n) is 29.8. The standard InChI is InChI=1S/C40H35ClN8O4S3/c41-29-11-9-27(10-12-29)32-6-2-1-5-28(32)25-47-18-20-48(21-19-47)30-13-15-33-36(23-30)43-26-44-39(33)46-56(52,53)31-14-16-34(37(24-31)49(50)51)42-17-22-54-40-45-35-7-3-4-8-38(35)55-40/h1-16,23-24,26,42H,17-22,25H2,(H,43,44,46). The SMILES string of the molecule is O=[N+]([O-])c1cc(S(=O)(=O)Nc2ncnc3cc(N4CCN(Cc5ccccc5-c5ccc(Cl)cc5)CC4)ccc23)ccc1NCCSc1nc2ccccc2s1. The van der Waals surface area contributed by atoms with Crippen LogP contribution in [-0.4, -0.2) is 71.7 Å². The number of rotatable bonds is 13. The molecule has 1 aliphatic heterocycles. The number of thiazole rings is 1. The van der Waals surface area contributed by atoms with Gasteiger partial charge in [-0.3, -0.25) is 19.7 Å². The van der Waals surface area contributed by atoms with Gasteiger partial charge in [0.25, 0.3) is 15.7 Å². The number of anilines is 3. The second-order valence-corrected chi connectivity index (χ2v) is 17.6. The minimum atomic E-state index is -4.24. The van der Waals surface area contributed by atoms with E-state index >= 15 is 0 Å². The Balaban J connectivity index is 0.905. The lowest BCUT2D eigenvalue weighted by molar-refractivity contribution is -0.384. The number of para-hydroxylation sites is 1. The van der Waals surface area contributed by atoms with Crippen molar-refractivity contribution in [1.29, 1.82) is 0 Å². The first kappa shape index (κ1) is 37.6. The van der Waals surface area contributed by atoms with E-state index in [-0.39, 0.29) is 22.1 Å². The third-order valence-corrected chi connectivity index (χ3v) is 13.3. The fourth-order valence-corrected chi connectivity index (χ4v) is 9.87. The minimum absolute atomic E-state index is 0.0856. The molecule has 8 rings (SSSR count). The van der Waals surface area contributed by atoms with Gasteiger partial charge in [-0.1, -0.05) is 71.9 Å². The highest BCUT2D eigenvalue weighted by Gasteiger charge is 2.24. The lowest BCUT2D eigenvalue weighted by Gasteiger charge is -2.36. The van der Waals surface area contributed by atoms with Crippen LogP contribution in [0.5, 0.6) is 0 Å². The summed E-state index contributed by atoms with van der Waals surface area (Å²) in [5.74, 6) is 0.695. The quantitative estimate of drug-likeness (QED) is 0.0498. The number of aromatic nitrogens is 3. The molecule has 0 saturated carbocycles. The molecule has 284 valence electrons. The fourth-order valence-electron chi connectivity index (χ4n) is 6.70. The maximum atomic E-state index is 13.6. The van der Waals surface area contributed by atoms with Gasteiger partial charge in [0.15, 0.2) is 10.2 Å². The molecule has 1 aliphatic rings. The van der Waals surface area contributed by atoms with Gasteiger partial charge in [0.1, 0.15) is 12.0 Å². The maximum Gasteiger partial charge on any atom is 0.293 e. The van der Waals surface area contributed by atoms with E-state index in [9.17, 15) is 18.5 Å². The topological polar surface area (TPSA) is 146 Å². The molecule has 1 saturated heterocycles. The molecule has 0 spiro atoms. The molecule has 3 heterocycles. The van der Waals surface area contributed by atoms with Crippen molar-refractivity contribution in [2.45, 2.75) is 15.8 Å². The summed E-state index contributed by atoms with van der Waals surface area (Å²) in [4.78, 5) is 29.2. The molecule has 16 heteroatoms. The first-order valence-electron chi connectivity index (χ1n) is 17.8. The van der Waals surface area contributed by atoms with Crippen LogP contribution in [-0.2, 0) is 16.6 Å². The summed E-state index contributed by atoms with van der Waals surface area (Å²) >= 11 is 9.27. The number of nitrogens with zero attached hydrogens (tertiary/aromatic N) is 6. The van der Waals surface area contributed by atoms with E-state index < -0.39 is 14.9 Å². The van der Waals surface area contributed by atoms with E-state index in [0.717, 1.165) is 64.6 Å². The summed E-state index contributed by atoms with van der Waals surface area (Å²) in [5, 5.41) is 16.3. The maximum absolute atomic E-state index is 13.6. The number of sulfonamides is 1. The van der Waals surface area contributed by atoms with Crippen LogP contribution in [0.25, 0.3) is 32.2 Å². The van der Waals surface area contributed by atoms with E-state index in [1.165, 1.54) is 29.6 Å². The van der Waals surface area contributed by atoms with Crippen molar-refractivity contribution in [3.05, 3.63) is 136 Å². The second-order valence-electron chi connectivity index (χ2n) is 13.1. The Hall–Kier alpha value is -5.32. The van der Waals surface area contributed by atoms with Crippen LogP contribution in [0.2, 0.25) is 5.02 Å². The van der Waals surface area contributed by atoms with Gasteiger partial charge in [0.2, 0.25) is 0 Å². The summed E-state index contributed by atoms with van der Waals surface area (Å²) < 4.78 is 31.7. The molecular formula is C40H35ClN8O4S3. The van der Waals surface area contributed by atoms with Gasteiger partial charge in [0.05, 0.1) is 25.6 Å². The Labute approximate surface area is 336 Å². The number of nitro groups is 1. The highest BCUT2D eigenvalue weighted by molar-refractivity contribution is 8.01. The van der Waals surface area contributed by atoms with Crippen molar-refractivity contribution in [3.8, 4) is 11.1 Å². The van der Waals surface area contributed by atoms with Crippen molar-refractivity contribution in [1.82, 2.24) is 19.9 Å². The molecule has 2 N–H and O–H groups in total. The van der Waals surface area contributed by atoms with E-state index in [4.69, 9.17) is 11.6 Å². The lowest BCUT2D eigenvalue weighted by atomic mass is 9.99. The van der Waals surface area contributed by atoms with Gasteiger partial charge >= 0.3 is 0 Å². The lowest BCUT2D eigenvalue weighted by Crippen LogP contribution is -2.46. The summed E-state index contributed by atoms with van der Waals surface area (Å²) in [6.45, 7) is 4.59. The van der Waals surface area contributed by atoms with Gasteiger partial charge in [-0.05, 0) is 71.3 Å². The molecule has 0 unspecified atom stereocenters. The van der Waals surface area contributed by atoms with Gasteiger partial charge in [0, 0.05) is 67.2 Å². The summed E-state index contributed by atoms with van der Waals surface area (Å²) in [6.07, 6.45) is 1.31. The fraction of sp³-hybridized carbons (Fsp3) is 0.175. The van der Waals surface area contributed by atoms with E-state index in [1.54, 1.807) is 29.2 Å². The average Bonchev–Trinajstić information content (AvgIpc) is 3.63. The molecule has 2 aromatic heterocycles. The van der Waals surface area contributed by atoms with Crippen LogP contribution in [0.3, 0.4) is 0 Å². The summed E-state index contributed by atoms with van der Waals surface area (Å²) in [7, 11) is -4.24. The minimum Gasteiger partial charge on any atom is -0.379 e. The number of piperazine rings is 1. The van der Waals surface area contributed by atoms with E-state index in [1.807, 2.05) is 48.5 Å². The van der Waals surface area contributed by atoms with Crippen molar-refractivity contribution >= 4 is 88.7 Å². The van der Waals surface area contributed by atoms with Crippen molar-refractivity contribution < 1.29 is 13.3 Å². The average molecular weight is 823 g/mol. The molecule has 0 aliphatic carbocycles. The van der Waals surface area contributed by atoms with Crippen molar-refractivity contribution in [2.75, 3.05) is 53.4 Å². The molecule has 56 heavy (non-hydrogen) atoms. The largest absolute Gasteiger partial charge is 0.379 e. The summed E-state index contributed by atoms with van der Waals surface area (Å²) in [6, 6.07) is 33.8. The molecule has 7 aromatic rings. The highest BCUT2D eigenvalue weighted by atomic mass is 35.5. The predicted molar refractivity (Wildman–Crippen MR) is 227 cm³/mol. The second kappa shape index (κ2) is 16.4. The number of nitro benzene ring substituents is 1. The number of hydrogen-bond donors (Lipinski definition) is 2. The summed E-state index contributed by atoms with van der Waals surface area (Å²) in [5.41, 5.74) is 5.95. The number of benzene rings is 5. The normalized spacial score (nSPS) is 13.6. The third-order valence-electron chi connectivity index (χ3n) is 9.55. The van der Waals surface area contributed by atoms with Gasteiger partial charge in [-0.2, -0.15) is 0 Å². The number of thioether (sulfide) groups is 1. The third kappa shape index (κ3) is 8.41. The molecule has 5 aromatic carbocycles. The Morgan fingerprint density at radius 2 is 1.66 bits per heavy atom. The molecule has 0 amide bonds. The van der Waals surface area contributed by atoms with Gasteiger partial charge < -0.3 is 10.2 Å². The number of nitrogens with one attached hydrogen (secondary N) is 2. The molecule has 0 radical (unpaired) electrons. The predicted octanol–water partition coefficient (Wildman–Crippen LogP) is 8.80. The number of hydrogen-bond acceptors (Lipinski definition) is 12. The Morgan fingerprint density at radius 1 is 0.875 bits per heavy atom. The highest BCUT2D eigenvalue weighted by Crippen LogP contribution is 2.33. The van der Waals surface area contributed by atoms with Crippen LogP contribution >= 0.6 is 34.7 Å². The molecular weight excluding hydrogens is 788 g/mol. The monoisotopic (exact) mass is 822 g/mol. The van der Waals surface area contributed by atoms with Crippen LogP contribution in [0.4, 0.5) is 22.9 Å². The molecule has 1 fully saturated rings. The van der Waals surface area contributed by atoms with Crippen LogP contribution < -0.4 is 14.9 Å². The van der Waals surface area contributed by atoms with Crippen molar-refractivity contribution in [2.24, 2.45) is 0 Å². The van der Waals surface area contributed by atoms with Crippen LogP contribution in [0, 0.1) is 10.1 Å². The van der Waals surface area contributed by atoms with Crippen LogP contribution in [0.1, 0.15) is 5.56 Å². The number of fused-ring (bicyclic) bond motifs is 2. The van der Waals surface area contributed by atoms with E-state index in [2.05, 4.69) is 71.2 Å². The van der Waals surface area contributed by atoms with Gasteiger partial charge in [-0.15, -0.1) is 11.3 Å². The van der Waals surface area contributed by atoms with Gasteiger partial charge in [-0.25, -0.2) is 23.4 Å². The molecule has 0 atom stereocenters. The smallest absolute Gasteiger partial charge is 0.293 e. The molecule has 12 nitrogen and oxygen atoms in total. The first-order chi connectivity index (χ1) is 27.2. The number of halogens is 1. The Kier molecular flexibility index (Phi) is 11.0. The molecule has 0 bridgehead atoms. The van der Waals surface area contributed by atoms with Crippen molar-refractivity contribution in [3.63, 3.8) is 0 Å². The zero-order valence-corrected chi connectivity index (χ0v) is 33.0. The Morgan fingerprint density at radius 3 is 2.46 bits per heavy atom. The van der Waals surface area contributed by atoms with Crippen LogP contribution in [0.15, 0.2) is 125 Å². The van der Waals surface area contributed by atoms with E-state index in [0.29, 0.717) is 28.2 Å². The Bertz CT molecular complexity index is 2620.